The van der Waals surface area contributed by atoms with E-state index in [1.807, 2.05) is 62.4 Å². The average molecular weight is 497 g/mol. The van der Waals surface area contributed by atoms with Gasteiger partial charge in [-0.2, -0.15) is 0 Å². The van der Waals surface area contributed by atoms with E-state index in [1.54, 1.807) is 20.8 Å². The van der Waals surface area contributed by atoms with Gasteiger partial charge in [0, 0.05) is 13.6 Å². The number of rotatable bonds is 9. The first-order valence-corrected chi connectivity index (χ1v) is 11.7. The van der Waals surface area contributed by atoms with E-state index >= 15 is 0 Å². The van der Waals surface area contributed by atoms with Crippen LogP contribution in [-0.2, 0) is 25.7 Å². The first kappa shape index (κ1) is 28.4. The maximum absolute atomic E-state index is 13.6. The maximum atomic E-state index is 13.6. The van der Waals surface area contributed by atoms with E-state index in [9.17, 15) is 19.2 Å². The molecule has 0 aliphatic carbocycles. The number of hydrogen-bond acceptors (Lipinski definition) is 5. The summed E-state index contributed by atoms with van der Waals surface area (Å²) in [5.74, 6) is -1.83. The van der Waals surface area contributed by atoms with Crippen LogP contribution in [0.15, 0.2) is 48.5 Å². The van der Waals surface area contributed by atoms with Crippen LogP contribution in [0.4, 0.5) is 4.79 Å². The molecule has 4 N–H and O–H groups in total. The number of amides is 4. The topological polar surface area (TPSA) is 131 Å². The largest absolute Gasteiger partial charge is 0.444 e. The van der Waals surface area contributed by atoms with Crippen LogP contribution in [0.2, 0.25) is 0 Å². The molecule has 2 rings (SSSR count). The molecule has 2 aromatic carbocycles. The predicted molar refractivity (Wildman–Crippen MR) is 137 cm³/mol. The van der Waals surface area contributed by atoms with Crippen LogP contribution in [-0.4, -0.2) is 47.4 Å². The second kappa shape index (κ2) is 12.2. The molecule has 0 aliphatic rings. The Kier molecular flexibility index (Phi) is 9.60. The summed E-state index contributed by atoms with van der Waals surface area (Å²) in [4.78, 5) is 52.4. The molecule has 0 aliphatic heterocycles. The zero-order valence-electron chi connectivity index (χ0n) is 21.8. The standard InChI is InChI=1S/C27H36N4O5/c1-17-11-10-12-18(2)22(17)23(24(33)29-16-19-13-8-7-9-14-19)31(6)25(34)20(15-21(28)32)30-26(35)36-27(3,4)5/h7-14,20,23H,15-16H2,1-6H3,(H2,28,32)(H,29,33)(H,30,35). The highest BCUT2D eigenvalue weighted by Crippen LogP contribution is 2.28. The Morgan fingerprint density at radius 2 is 1.56 bits per heavy atom. The van der Waals surface area contributed by atoms with Crippen LogP contribution in [0.25, 0.3) is 0 Å². The van der Waals surface area contributed by atoms with Crippen molar-refractivity contribution < 1.29 is 23.9 Å². The van der Waals surface area contributed by atoms with E-state index in [4.69, 9.17) is 10.5 Å². The number of carbonyl (C=O) groups is 4. The Morgan fingerprint density at radius 1 is 0.972 bits per heavy atom. The summed E-state index contributed by atoms with van der Waals surface area (Å²) in [6.07, 6.45) is -1.32. The summed E-state index contributed by atoms with van der Waals surface area (Å²) in [5.41, 5.74) is 7.75. The lowest BCUT2D eigenvalue weighted by Crippen LogP contribution is -2.53. The van der Waals surface area contributed by atoms with Gasteiger partial charge in [0.25, 0.3) is 0 Å². The molecule has 2 atom stereocenters. The smallest absolute Gasteiger partial charge is 0.408 e. The molecule has 0 saturated carbocycles. The van der Waals surface area contributed by atoms with Crippen LogP contribution < -0.4 is 16.4 Å². The van der Waals surface area contributed by atoms with Crippen molar-refractivity contribution in [3.63, 3.8) is 0 Å². The molecule has 0 heterocycles. The number of aryl methyl sites for hydroxylation is 2. The quantitative estimate of drug-likeness (QED) is 0.491. The number of benzene rings is 2. The zero-order chi connectivity index (χ0) is 27.0. The fraction of sp³-hybridized carbons (Fsp3) is 0.407. The fourth-order valence-electron chi connectivity index (χ4n) is 3.87. The molecule has 9 nitrogen and oxygen atoms in total. The molecule has 36 heavy (non-hydrogen) atoms. The van der Waals surface area contributed by atoms with Crippen LogP contribution in [0.5, 0.6) is 0 Å². The number of nitrogens with one attached hydrogen (secondary N) is 2. The van der Waals surface area contributed by atoms with Gasteiger partial charge in [-0.05, 0) is 56.9 Å². The van der Waals surface area contributed by atoms with Gasteiger partial charge in [-0.25, -0.2) is 4.79 Å². The fourth-order valence-corrected chi connectivity index (χ4v) is 3.87. The Morgan fingerprint density at radius 3 is 2.08 bits per heavy atom. The Balaban J connectivity index is 2.39. The molecular weight excluding hydrogens is 460 g/mol. The highest BCUT2D eigenvalue weighted by molar-refractivity contribution is 5.94. The van der Waals surface area contributed by atoms with Crippen molar-refractivity contribution >= 4 is 23.8 Å². The van der Waals surface area contributed by atoms with Gasteiger partial charge in [0.05, 0.1) is 6.42 Å². The molecule has 0 spiro atoms. The molecule has 0 radical (unpaired) electrons. The van der Waals surface area contributed by atoms with Gasteiger partial charge in [-0.3, -0.25) is 14.4 Å². The Bertz CT molecular complexity index is 1070. The Labute approximate surface area is 212 Å². The number of carbonyl (C=O) groups excluding carboxylic acids is 4. The number of primary amides is 1. The number of nitrogens with zero attached hydrogens (tertiary/aromatic N) is 1. The van der Waals surface area contributed by atoms with Crippen molar-refractivity contribution in [2.75, 3.05) is 7.05 Å². The first-order valence-electron chi connectivity index (χ1n) is 11.7. The highest BCUT2D eigenvalue weighted by atomic mass is 16.6. The van der Waals surface area contributed by atoms with Crippen molar-refractivity contribution in [3.05, 3.63) is 70.8 Å². The van der Waals surface area contributed by atoms with E-state index in [-0.39, 0.29) is 6.54 Å². The molecule has 0 saturated heterocycles. The molecule has 194 valence electrons. The molecule has 9 heteroatoms. The third-order valence-electron chi connectivity index (χ3n) is 5.50. The molecular formula is C27H36N4O5. The number of hydrogen-bond donors (Lipinski definition) is 3. The monoisotopic (exact) mass is 496 g/mol. The van der Waals surface area contributed by atoms with Crippen LogP contribution in [0.3, 0.4) is 0 Å². The van der Waals surface area contributed by atoms with Crippen molar-refractivity contribution in [1.29, 1.82) is 0 Å². The SMILES string of the molecule is Cc1cccc(C)c1C(C(=O)NCc1ccccc1)N(C)C(=O)C(CC(N)=O)NC(=O)OC(C)(C)C. The van der Waals surface area contributed by atoms with Crippen molar-refractivity contribution in [2.45, 2.75) is 65.3 Å². The second-order valence-electron chi connectivity index (χ2n) is 9.73. The molecule has 0 fully saturated rings. The van der Waals surface area contributed by atoms with Crippen molar-refractivity contribution in [3.8, 4) is 0 Å². The van der Waals surface area contributed by atoms with E-state index in [2.05, 4.69) is 10.6 Å². The minimum atomic E-state index is -1.31. The summed E-state index contributed by atoms with van der Waals surface area (Å²) < 4.78 is 5.25. The third kappa shape index (κ3) is 8.11. The number of alkyl carbamates (subject to hydrolysis) is 1. The zero-order valence-corrected chi connectivity index (χ0v) is 21.8. The minimum absolute atomic E-state index is 0.268. The van der Waals surface area contributed by atoms with Gasteiger partial charge in [0.15, 0.2) is 0 Å². The molecule has 2 unspecified atom stereocenters. The number of likely N-dealkylation sites (N-methyl/N-ethyl adjacent to an activating group) is 1. The first-order chi connectivity index (χ1) is 16.8. The Hall–Kier alpha value is -3.88. The lowest BCUT2D eigenvalue weighted by atomic mass is 9.94. The highest BCUT2D eigenvalue weighted by Gasteiger charge is 2.36. The van der Waals surface area contributed by atoms with E-state index in [0.717, 1.165) is 16.7 Å². The molecule has 0 bridgehead atoms. The van der Waals surface area contributed by atoms with E-state index < -0.39 is 47.9 Å². The van der Waals surface area contributed by atoms with Crippen LogP contribution in [0, 0.1) is 13.8 Å². The molecule has 2 aromatic rings. The maximum Gasteiger partial charge on any atom is 0.408 e. The van der Waals surface area contributed by atoms with Crippen LogP contribution in [0.1, 0.15) is 55.5 Å². The average Bonchev–Trinajstić information content (AvgIpc) is 2.77. The lowest BCUT2D eigenvalue weighted by Gasteiger charge is -2.32. The lowest BCUT2D eigenvalue weighted by molar-refractivity contribution is -0.141. The van der Waals surface area contributed by atoms with Gasteiger partial charge >= 0.3 is 6.09 Å². The summed E-state index contributed by atoms with van der Waals surface area (Å²) in [6.45, 7) is 9.02. The van der Waals surface area contributed by atoms with E-state index in [0.29, 0.717) is 5.56 Å². The van der Waals surface area contributed by atoms with Crippen molar-refractivity contribution in [2.24, 2.45) is 5.73 Å². The normalized spacial score (nSPS) is 12.7. The number of nitrogens with two attached hydrogens (primary N) is 1. The van der Waals surface area contributed by atoms with Gasteiger partial charge < -0.3 is 26.0 Å². The molecule has 4 amide bonds. The minimum Gasteiger partial charge on any atom is -0.444 e. The van der Waals surface area contributed by atoms with Gasteiger partial charge in [0.2, 0.25) is 17.7 Å². The summed E-state index contributed by atoms with van der Waals surface area (Å²) >= 11 is 0. The molecule has 0 aromatic heterocycles. The van der Waals surface area contributed by atoms with Gasteiger partial charge in [-0.1, -0.05) is 48.5 Å². The summed E-state index contributed by atoms with van der Waals surface area (Å²) in [7, 11) is 1.46. The van der Waals surface area contributed by atoms with Gasteiger partial charge in [0.1, 0.15) is 17.7 Å². The third-order valence-corrected chi connectivity index (χ3v) is 5.50. The van der Waals surface area contributed by atoms with Crippen LogP contribution >= 0.6 is 0 Å². The van der Waals surface area contributed by atoms with E-state index in [1.165, 1.54) is 11.9 Å². The summed E-state index contributed by atoms with van der Waals surface area (Å²) in [5, 5.41) is 5.34. The number of ether oxygens (including phenoxy) is 1. The van der Waals surface area contributed by atoms with Gasteiger partial charge in [-0.15, -0.1) is 0 Å². The predicted octanol–water partition coefficient (Wildman–Crippen LogP) is 2.89. The van der Waals surface area contributed by atoms with Crippen molar-refractivity contribution in [1.82, 2.24) is 15.5 Å². The summed E-state index contributed by atoms with van der Waals surface area (Å²) in [6, 6.07) is 12.7. The second-order valence-corrected chi connectivity index (χ2v) is 9.73.